The van der Waals surface area contributed by atoms with Gasteiger partial charge in [0, 0.05) is 38.3 Å². The largest absolute Gasteiger partial charge is 0.396 e. The summed E-state index contributed by atoms with van der Waals surface area (Å²) in [7, 11) is 1.76. The van der Waals surface area contributed by atoms with E-state index in [1.165, 1.54) is 32.1 Å². The summed E-state index contributed by atoms with van der Waals surface area (Å²) in [5.74, 6) is 0. The number of hydrogen-bond donors (Lipinski definition) is 1. The van der Waals surface area contributed by atoms with E-state index in [0.29, 0.717) is 12.6 Å². The van der Waals surface area contributed by atoms with Crippen molar-refractivity contribution < 1.29 is 9.84 Å². The van der Waals surface area contributed by atoms with Crippen LogP contribution in [0.15, 0.2) is 0 Å². The van der Waals surface area contributed by atoms with Crippen LogP contribution in [0.2, 0.25) is 0 Å². The zero-order chi connectivity index (χ0) is 13.4. The van der Waals surface area contributed by atoms with Gasteiger partial charge in [-0.1, -0.05) is 26.2 Å². The maximum absolute atomic E-state index is 9.81. The van der Waals surface area contributed by atoms with E-state index in [4.69, 9.17) is 4.74 Å². The van der Waals surface area contributed by atoms with Gasteiger partial charge in [0.05, 0.1) is 6.61 Å². The topological polar surface area (TPSA) is 32.7 Å². The molecule has 18 heavy (non-hydrogen) atoms. The van der Waals surface area contributed by atoms with Gasteiger partial charge < -0.3 is 9.84 Å². The van der Waals surface area contributed by atoms with Gasteiger partial charge in [0.1, 0.15) is 0 Å². The maximum Gasteiger partial charge on any atom is 0.0589 e. The molecule has 0 aromatic carbocycles. The summed E-state index contributed by atoms with van der Waals surface area (Å²) >= 11 is 0. The Morgan fingerprint density at radius 1 is 1.28 bits per heavy atom. The molecule has 0 heterocycles. The van der Waals surface area contributed by atoms with E-state index in [-0.39, 0.29) is 5.41 Å². The second kappa shape index (κ2) is 8.13. The Morgan fingerprint density at radius 3 is 2.44 bits per heavy atom. The van der Waals surface area contributed by atoms with Gasteiger partial charge in [0.25, 0.3) is 0 Å². The Morgan fingerprint density at radius 2 is 1.94 bits per heavy atom. The monoisotopic (exact) mass is 257 g/mol. The number of methoxy groups -OCH3 is 1. The number of ether oxygens (including phenoxy) is 1. The summed E-state index contributed by atoms with van der Waals surface area (Å²) < 4.78 is 5.22. The van der Waals surface area contributed by atoms with Gasteiger partial charge in [-0.3, -0.25) is 4.90 Å². The molecule has 3 nitrogen and oxygen atoms in total. The minimum absolute atomic E-state index is 0.148. The van der Waals surface area contributed by atoms with E-state index in [9.17, 15) is 5.11 Å². The molecule has 1 unspecified atom stereocenters. The van der Waals surface area contributed by atoms with E-state index in [0.717, 1.165) is 26.1 Å². The van der Waals surface area contributed by atoms with E-state index in [1.807, 2.05) is 0 Å². The molecule has 1 aliphatic rings. The number of rotatable bonds is 8. The van der Waals surface area contributed by atoms with Gasteiger partial charge in [0.15, 0.2) is 0 Å². The van der Waals surface area contributed by atoms with Gasteiger partial charge in [-0.15, -0.1) is 0 Å². The van der Waals surface area contributed by atoms with E-state index in [2.05, 4.69) is 18.7 Å². The number of aliphatic hydroxyl groups excluding tert-OH is 1. The molecule has 0 aliphatic heterocycles. The third-order valence-corrected chi connectivity index (χ3v) is 4.58. The normalized spacial score (nSPS) is 21.2. The van der Waals surface area contributed by atoms with Crippen molar-refractivity contribution in [1.29, 1.82) is 0 Å². The second-order valence-corrected chi connectivity index (χ2v) is 5.94. The van der Waals surface area contributed by atoms with Crippen molar-refractivity contribution >= 4 is 0 Å². The Bertz CT molecular complexity index is 215. The standard InChI is InChI=1S/C15H31NO2/c1-4-14(2)16(10-11-18-3)12-15(13-17)8-6-5-7-9-15/h14,17H,4-13H2,1-3H3. The van der Waals surface area contributed by atoms with E-state index in [1.54, 1.807) is 7.11 Å². The first kappa shape index (κ1) is 15.9. The van der Waals surface area contributed by atoms with Gasteiger partial charge in [-0.2, -0.15) is 0 Å². The van der Waals surface area contributed by atoms with Crippen LogP contribution in [0.1, 0.15) is 52.4 Å². The molecule has 108 valence electrons. The van der Waals surface area contributed by atoms with Gasteiger partial charge in [0.2, 0.25) is 0 Å². The maximum atomic E-state index is 9.81. The SMILES string of the molecule is CCC(C)N(CCOC)CC1(CO)CCCCC1. The fourth-order valence-electron chi connectivity index (χ4n) is 3.02. The molecule has 0 radical (unpaired) electrons. The predicted octanol–water partition coefficient (Wildman–Crippen LogP) is 2.68. The lowest BCUT2D eigenvalue weighted by atomic mass is 9.74. The Balaban J connectivity index is 2.60. The summed E-state index contributed by atoms with van der Waals surface area (Å²) in [4.78, 5) is 2.50. The highest BCUT2D eigenvalue weighted by atomic mass is 16.5. The van der Waals surface area contributed by atoms with Crippen LogP contribution in [-0.4, -0.2) is 49.5 Å². The number of hydrogen-bond acceptors (Lipinski definition) is 3. The zero-order valence-corrected chi connectivity index (χ0v) is 12.5. The van der Waals surface area contributed by atoms with Crippen molar-refractivity contribution in [2.24, 2.45) is 5.41 Å². The molecule has 0 saturated heterocycles. The summed E-state index contributed by atoms with van der Waals surface area (Å²) in [5, 5.41) is 9.81. The van der Waals surface area contributed by atoms with Crippen molar-refractivity contribution in [3.63, 3.8) is 0 Å². The van der Waals surface area contributed by atoms with Crippen LogP contribution >= 0.6 is 0 Å². The highest BCUT2D eigenvalue weighted by molar-refractivity contribution is 4.86. The van der Waals surface area contributed by atoms with Crippen LogP contribution in [0.3, 0.4) is 0 Å². The molecule has 0 amide bonds. The zero-order valence-electron chi connectivity index (χ0n) is 12.5. The molecule has 1 saturated carbocycles. The van der Waals surface area contributed by atoms with Crippen molar-refractivity contribution in [2.75, 3.05) is 33.4 Å². The first-order valence-electron chi connectivity index (χ1n) is 7.51. The number of nitrogens with zero attached hydrogens (tertiary/aromatic N) is 1. The first-order chi connectivity index (χ1) is 8.67. The van der Waals surface area contributed by atoms with Gasteiger partial charge in [-0.05, 0) is 26.2 Å². The average molecular weight is 257 g/mol. The second-order valence-electron chi connectivity index (χ2n) is 5.94. The quantitative estimate of drug-likeness (QED) is 0.725. The van der Waals surface area contributed by atoms with Crippen LogP contribution < -0.4 is 0 Å². The molecule has 0 aromatic heterocycles. The van der Waals surface area contributed by atoms with Crippen LogP contribution in [0.5, 0.6) is 0 Å². The van der Waals surface area contributed by atoms with Gasteiger partial charge >= 0.3 is 0 Å². The third-order valence-electron chi connectivity index (χ3n) is 4.58. The van der Waals surface area contributed by atoms with E-state index < -0.39 is 0 Å². The van der Waals surface area contributed by atoms with Gasteiger partial charge in [-0.25, -0.2) is 0 Å². The summed E-state index contributed by atoms with van der Waals surface area (Å²) in [6.45, 7) is 7.65. The Hall–Kier alpha value is -0.120. The van der Waals surface area contributed by atoms with E-state index >= 15 is 0 Å². The highest BCUT2D eigenvalue weighted by Crippen LogP contribution is 2.37. The first-order valence-corrected chi connectivity index (χ1v) is 7.51. The Labute approximate surface area is 113 Å². The molecule has 1 rings (SSSR count). The molecular formula is C15H31NO2. The molecule has 1 N–H and O–H groups in total. The summed E-state index contributed by atoms with van der Waals surface area (Å²) in [6, 6.07) is 0.575. The molecular weight excluding hydrogens is 226 g/mol. The average Bonchev–Trinajstić information content (AvgIpc) is 2.43. The smallest absolute Gasteiger partial charge is 0.0589 e. The summed E-state index contributed by atoms with van der Waals surface area (Å²) in [6.07, 6.45) is 7.42. The highest BCUT2D eigenvalue weighted by Gasteiger charge is 2.34. The molecule has 0 spiro atoms. The molecule has 3 heteroatoms. The lowest BCUT2D eigenvalue weighted by molar-refractivity contribution is 0.0170. The third kappa shape index (κ3) is 4.52. The summed E-state index contributed by atoms with van der Waals surface area (Å²) in [5.41, 5.74) is 0.148. The lowest BCUT2D eigenvalue weighted by Gasteiger charge is -2.42. The van der Waals surface area contributed by atoms with Crippen molar-refractivity contribution in [3.05, 3.63) is 0 Å². The minimum atomic E-state index is 0.148. The van der Waals surface area contributed by atoms with Crippen LogP contribution in [0.25, 0.3) is 0 Å². The Kier molecular flexibility index (Phi) is 7.20. The van der Waals surface area contributed by atoms with Crippen molar-refractivity contribution in [3.8, 4) is 0 Å². The fraction of sp³-hybridized carbons (Fsp3) is 1.00. The minimum Gasteiger partial charge on any atom is -0.396 e. The van der Waals surface area contributed by atoms with Crippen molar-refractivity contribution in [2.45, 2.75) is 58.4 Å². The molecule has 1 fully saturated rings. The van der Waals surface area contributed by atoms with Crippen LogP contribution in [0.4, 0.5) is 0 Å². The predicted molar refractivity (Wildman–Crippen MR) is 75.8 cm³/mol. The molecule has 1 atom stereocenters. The molecule has 1 aliphatic carbocycles. The molecule has 0 bridgehead atoms. The number of aliphatic hydroxyl groups is 1. The van der Waals surface area contributed by atoms with Crippen LogP contribution in [0, 0.1) is 5.41 Å². The van der Waals surface area contributed by atoms with Crippen LogP contribution in [-0.2, 0) is 4.74 Å². The lowest BCUT2D eigenvalue weighted by Crippen LogP contribution is -2.46. The van der Waals surface area contributed by atoms with Crippen molar-refractivity contribution in [1.82, 2.24) is 4.90 Å². The molecule has 0 aromatic rings. The fourth-order valence-corrected chi connectivity index (χ4v) is 3.02.